The van der Waals surface area contributed by atoms with Crippen LogP contribution < -0.4 is 10.1 Å². The van der Waals surface area contributed by atoms with Gasteiger partial charge in [-0.05, 0) is 60.6 Å². The number of carbonyl (C=O) groups is 1. The van der Waals surface area contributed by atoms with Crippen LogP contribution in [0, 0.1) is 0 Å². The Morgan fingerprint density at radius 1 is 1.14 bits per heavy atom. The maximum absolute atomic E-state index is 11.9. The molecule has 0 atom stereocenters. The summed E-state index contributed by atoms with van der Waals surface area (Å²) in [7, 11) is 0. The van der Waals surface area contributed by atoms with Gasteiger partial charge in [-0.2, -0.15) is 0 Å². The van der Waals surface area contributed by atoms with Gasteiger partial charge in [0.15, 0.2) is 6.61 Å². The highest BCUT2D eigenvalue weighted by atomic mass is 16.5. The molecule has 2 aromatic rings. The van der Waals surface area contributed by atoms with Crippen LogP contribution >= 0.6 is 0 Å². The Kier molecular flexibility index (Phi) is 4.68. The van der Waals surface area contributed by atoms with Crippen LogP contribution in [0.15, 0.2) is 42.7 Å². The molecule has 22 heavy (non-hydrogen) atoms. The summed E-state index contributed by atoms with van der Waals surface area (Å²) in [5.74, 6) is 0.751. The average molecular weight is 296 g/mol. The van der Waals surface area contributed by atoms with Crippen LogP contribution in [0.1, 0.15) is 29.5 Å². The second kappa shape index (κ2) is 7.07. The van der Waals surface area contributed by atoms with Crippen LogP contribution in [0.3, 0.4) is 0 Å². The van der Waals surface area contributed by atoms with E-state index >= 15 is 0 Å². The van der Waals surface area contributed by atoms with Gasteiger partial charge in [-0.3, -0.25) is 9.78 Å². The van der Waals surface area contributed by atoms with Gasteiger partial charge in [0.1, 0.15) is 5.75 Å². The molecule has 4 nitrogen and oxygen atoms in total. The molecule has 0 unspecified atom stereocenters. The van der Waals surface area contributed by atoms with E-state index in [1.807, 2.05) is 24.3 Å². The molecule has 0 saturated heterocycles. The summed E-state index contributed by atoms with van der Waals surface area (Å²) < 4.78 is 5.73. The molecule has 1 aromatic carbocycles. The quantitative estimate of drug-likeness (QED) is 0.923. The number of ether oxygens (including phenoxy) is 1. The topological polar surface area (TPSA) is 51.2 Å². The van der Waals surface area contributed by atoms with Crippen molar-refractivity contribution in [3.8, 4) is 5.75 Å². The average Bonchev–Trinajstić information content (AvgIpc) is 2.59. The Labute approximate surface area is 130 Å². The first-order valence-electron chi connectivity index (χ1n) is 7.72. The number of aryl methyl sites for hydroxylation is 1. The molecular formula is C18H20N2O2. The fraction of sp³-hybridized carbons (Fsp3) is 0.333. The number of aromatic nitrogens is 1. The van der Waals surface area contributed by atoms with E-state index in [1.54, 1.807) is 12.4 Å². The van der Waals surface area contributed by atoms with E-state index in [2.05, 4.69) is 16.4 Å². The van der Waals surface area contributed by atoms with Gasteiger partial charge in [-0.1, -0.05) is 12.1 Å². The van der Waals surface area contributed by atoms with Gasteiger partial charge in [0, 0.05) is 18.9 Å². The lowest BCUT2D eigenvalue weighted by atomic mass is 9.91. The summed E-state index contributed by atoms with van der Waals surface area (Å²) in [5, 5.41) is 2.86. The maximum Gasteiger partial charge on any atom is 0.258 e. The third-order valence-corrected chi connectivity index (χ3v) is 3.95. The Hall–Kier alpha value is -2.36. The molecule has 0 bridgehead atoms. The third kappa shape index (κ3) is 3.64. The van der Waals surface area contributed by atoms with Crippen molar-refractivity contribution in [2.45, 2.75) is 32.2 Å². The predicted molar refractivity (Wildman–Crippen MR) is 84.7 cm³/mol. The van der Waals surface area contributed by atoms with Gasteiger partial charge >= 0.3 is 0 Å². The first-order chi connectivity index (χ1) is 10.8. The normalized spacial score (nSPS) is 13.3. The van der Waals surface area contributed by atoms with Crippen molar-refractivity contribution in [2.75, 3.05) is 6.61 Å². The van der Waals surface area contributed by atoms with Gasteiger partial charge in [0.25, 0.3) is 5.91 Å². The lowest BCUT2D eigenvalue weighted by molar-refractivity contribution is -0.123. The Bertz CT molecular complexity index is 641. The van der Waals surface area contributed by atoms with Crippen LogP contribution in [-0.2, 0) is 24.2 Å². The van der Waals surface area contributed by atoms with Crippen molar-refractivity contribution in [1.29, 1.82) is 0 Å². The standard InChI is InChI=1S/C18H20N2O2/c21-18(20-12-14-8-10-19-11-9-14)13-22-17-7-3-5-15-4-1-2-6-16(15)17/h3,5,7-11H,1-2,4,6,12-13H2,(H,20,21). The molecule has 1 aromatic heterocycles. The highest BCUT2D eigenvalue weighted by Gasteiger charge is 2.14. The molecule has 1 aliphatic carbocycles. The Morgan fingerprint density at radius 3 is 2.82 bits per heavy atom. The van der Waals surface area contributed by atoms with Crippen LogP contribution in [0.5, 0.6) is 5.75 Å². The molecule has 0 saturated carbocycles. The van der Waals surface area contributed by atoms with Crippen molar-refractivity contribution >= 4 is 5.91 Å². The SMILES string of the molecule is O=C(COc1cccc2c1CCCC2)NCc1ccncc1. The number of rotatable bonds is 5. The van der Waals surface area contributed by atoms with Crippen molar-refractivity contribution in [1.82, 2.24) is 10.3 Å². The molecule has 0 radical (unpaired) electrons. The monoisotopic (exact) mass is 296 g/mol. The molecule has 1 amide bonds. The van der Waals surface area contributed by atoms with Crippen LogP contribution in [0.2, 0.25) is 0 Å². The summed E-state index contributed by atoms with van der Waals surface area (Å²) >= 11 is 0. The molecule has 1 aliphatic rings. The summed E-state index contributed by atoms with van der Waals surface area (Å²) in [5.41, 5.74) is 3.66. The van der Waals surface area contributed by atoms with E-state index in [4.69, 9.17) is 4.74 Å². The first-order valence-corrected chi connectivity index (χ1v) is 7.72. The van der Waals surface area contributed by atoms with E-state index in [0.717, 1.165) is 24.2 Å². The fourth-order valence-corrected chi connectivity index (χ4v) is 2.78. The maximum atomic E-state index is 11.9. The summed E-state index contributed by atoms with van der Waals surface area (Å²) in [6.07, 6.45) is 8.03. The molecule has 1 N–H and O–H groups in total. The minimum Gasteiger partial charge on any atom is -0.483 e. The zero-order chi connectivity index (χ0) is 15.2. The first kappa shape index (κ1) is 14.6. The van der Waals surface area contributed by atoms with Gasteiger partial charge in [-0.15, -0.1) is 0 Å². The van der Waals surface area contributed by atoms with Gasteiger partial charge in [0.2, 0.25) is 0 Å². The molecule has 0 spiro atoms. The minimum atomic E-state index is -0.106. The second-order valence-corrected chi connectivity index (χ2v) is 5.52. The van der Waals surface area contributed by atoms with Gasteiger partial charge in [-0.25, -0.2) is 0 Å². The number of hydrogen-bond acceptors (Lipinski definition) is 3. The van der Waals surface area contributed by atoms with E-state index in [1.165, 1.54) is 24.0 Å². The number of amides is 1. The Balaban J connectivity index is 1.53. The zero-order valence-electron chi connectivity index (χ0n) is 12.5. The number of benzene rings is 1. The zero-order valence-corrected chi connectivity index (χ0v) is 12.5. The Morgan fingerprint density at radius 2 is 1.95 bits per heavy atom. The number of hydrogen-bond donors (Lipinski definition) is 1. The summed E-state index contributed by atoms with van der Waals surface area (Å²) in [6.45, 7) is 0.555. The van der Waals surface area contributed by atoms with Crippen LogP contribution in [0.4, 0.5) is 0 Å². The number of carbonyl (C=O) groups excluding carboxylic acids is 1. The fourth-order valence-electron chi connectivity index (χ4n) is 2.78. The highest BCUT2D eigenvalue weighted by molar-refractivity contribution is 5.77. The van der Waals surface area contributed by atoms with E-state index in [9.17, 15) is 4.79 Å². The number of nitrogens with zero attached hydrogens (tertiary/aromatic N) is 1. The number of fused-ring (bicyclic) bond motifs is 1. The van der Waals surface area contributed by atoms with Crippen molar-refractivity contribution in [3.63, 3.8) is 0 Å². The smallest absolute Gasteiger partial charge is 0.258 e. The van der Waals surface area contributed by atoms with Crippen LogP contribution in [-0.4, -0.2) is 17.5 Å². The minimum absolute atomic E-state index is 0.0571. The molecule has 0 fully saturated rings. The number of pyridine rings is 1. The van der Waals surface area contributed by atoms with Crippen molar-refractivity contribution in [3.05, 3.63) is 59.4 Å². The van der Waals surface area contributed by atoms with Crippen molar-refractivity contribution in [2.24, 2.45) is 0 Å². The van der Waals surface area contributed by atoms with Gasteiger partial charge < -0.3 is 10.1 Å². The van der Waals surface area contributed by atoms with E-state index in [-0.39, 0.29) is 12.5 Å². The highest BCUT2D eigenvalue weighted by Crippen LogP contribution is 2.29. The summed E-state index contributed by atoms with van der Waals surface area (Å²) in [6, 6.07) is 9.89. The van der Waals surface area contributed by atoms with Crippen molar-refractivity contribution < 1.29 is 9.53 Å². The summed E-state index contributed by atoms with van der Waals surface area (Å²) in [4.78, 5) is 15.9. The number of nitrogens with one attached hydrogen (secondary N) is 1. The van der Waals surface area contributed by atoms with E-state index in [0.29, 0.717) is 6.54 Å². The molecule has 114 valence electrons. The molecule has 3 rings (SSSR count). The van der Waals surface area contributed by atoms with Crippen LogP contribution in [0.25, 0.3) is 0 Å². The predicted octanol–water partition coefficient (Wildman–Crippen LogP) is 2.66. The second-order valence-electron chi connectivity index (χ2n) is 5.52. The molecule has 4 heteroatoms. The molecular weight excluding hydrogens is 276 g/mol. The largest absolute Gasteiger partial charge is 0.483 e. The third-order valence-electron chi connectivity index (χ3n) is 3.95. The lowest BCUT2D eigenvalue weighted by Gasteiger charge is -2.19. The van der Waals surface area contributed by atoms with E-state index < -0.39 is 0 Å². The van der Waals surface area contributed by atoms with Gasteiger partial charge in [0.05, 0.1) is 0 Å². The lowest BCUT2D eigenvalue weighted by Crippen LogP contribution is -2.28. The molecule has 0 aliphatic heterocycles. The molecule has 1 heterocycles.